The van der Waals surface area contributed by atoms with Crippen molar-refractivity contribution < 1.29 is 23.4 Å². The van der Waals surface area contributed by atoms with E-state index in [-0.39, 0.29) is 13.2 Å². The van der Waals surface area contributed by atoms with Gasteiger partial charge in [0, 0.05) is 20.7 Å². The molecule has 0 aliphatic carbocycles. The number of hydrogen-bond donors (Lipinski definition) is 2. The van der Waals surface area contributed by atoms with Gasteiger partial charge in [-0.05, 0) is 24.6 Å². The smallest absolute Gasteiger partial charge is 0.317 e. The number of ether oxygens (including phenoxy) is 1. The zero-order valence-corrected chi connectivity index (χ0v) is 12.3. The van der Waals surface area contributed by atoms with Crippen LogP contribution < -0.4 is 5.32 Å². The number of benzene rings is 1. The van der Waals surface area contributed by atoms with Crippen molar-refractivity contribution in [3.05, 3.63) is 35.4 Å². The number of nitrogens with zero attached hydrogens (tertiary/aromatic N) is 1. The van der Waals surface area contributed by atoms with Crippen LogP contribution in [0.25, 0.3) is 0 Å². The molecule has 2 amide bonds. The molecule has 1 aromatic carbocycles. The first-order chi connectivity index (χ1) is 9.85. The van der Waals surface area contributed by atoms with E-state index in [0.717, 1.165) is 12.1 Å². The third-order valence-electron chi connectivity index (χ3n) is 2.86. The lowest BCUT2D eigenvalue weighted by molar-refractivity contribution is 0.133. The fraction of sp³-hybridized carbons (Fsp3) is 0.500. The van der Waals surface area contributed by atoms with Crippen molar-refractivity contribution in [3.63, 3.8) is 0 Å². The van der Waals surface area contributed by atoms with Gasteiger partial charge in [-0.2, -0.15) is 0 Å². The standard InChI is InChI=1S/C14H20F2N2O3/c1-9(19)7-18(2)14(20)17-13(8-21-3)10-4-5-11(15)12(16)6-10/h4-6,9,13,19H,7-8H2,1-3H3,(H,17,20). The van der Waals surface area contributed by atoms with E-state index in [0.29, 0.717) is 5.56 Å². The molecule has 1 aromatic rings. The van der Waals surface area contributed by atoms with Crippen LogP contribution in [0.3, 0.4) is 0 Å². The van der Waals surface area contributed by atoms with Gasteiger partial charge in [0.05, 0.1) is 18.8 Å². The highest BCUT2D eigenvalue weighted by molar-refractivity contribution is 5.74. The average Bonchev–Trinajstić information content (AvgIpc) is 2.40. The Morgan fingerprint density at radius 2 is 2.10 bits per heavy atom. The lowest BCUT2D eigenvalue weighted by Gasteiger charge is -2.24. The van der Waals surface area contributed by atoms with E-state index in [2.05, 4.69) is 5.32 Å². The monoisotopic (exact) mass is 302 g/mol. The summed E-state index contributed by atoms with van der Waals surface area (Å²) in [4.78, 5) is 13.3. The highest BCUT2D eigenvalue weighted by Gasteiger charge is 2.19. The van der Waals surface area contributed by atoms with Crippen molar-refractivity contribution in [3.8, 4) is 0 Å². The van der Waals surface area contributed by atoms with Crippen LogP contribution in [-0.2, 0) is 4.74 Å². The number of carbonyl (C=O) groups is 1. The van der Waals surface area contributed by atoms with Gasteiger partial charge in [-0.25, -0.2) is 13.6 Å². The summed E-state index contributed by atoms with van der Waals surface area (Å²) in [5.41, 5.74) is 0.398. The number of rotatable bonds is 6. The summed E-state index contributed by atoms with van der Waals surface area (Å²) < 4.78 is 31.2. The Morgan fingerprint density at radius 3 is 2.62 bits per heavy atom. The van der Waals surface area contributed by atoms with E-state index in [9.17, 15) is 18.7 Å². The van der Waals surface area contributed by atoms with Gasteiger partial charge >= 0.3 is 6.03 Å². The van der Waals surface area contributed by atoms with Gasteiger partial charge in [0.1, 0.15) is 0 Å². The largest absolute Gasteiger partial charge is 0.392 e. The van der Waals surface area contributed by atoms with Crippen molar-refractivity contribution in [1.82, 2.24) is 10.2 Å². The molecule has 0 aromatic heterocycles. The molecule has 0 heterocycles. The summed E-state index contributed by atoms with van der Waals surface area (Å²) >= 11 is 0. The Bertz CT molecular complexity index is 483. The van der Waals surface area contributed by atoms with Crippen molar-refractivity contribution in [1.29, 1.82) is 0 Å². The fourth-order valence-corrected chi connectivity index (χ4v) is 1.86. The minimum atomic E-state index is -0.986. The van der Waals surface area contributed by atoms with E-state index in [4.69, 9.17) is 4.74 Å². The maximum atomic E-state index is 13.3. The van der Waals surface area contributed by atoms with Gasteiger partial charge in [-0.3, -0.25) is 0 Å². The number of methoxy groups -OCH3 is 1. The Balaban J connectivity index is 2.81. The van der Waals surface area contributed by atoms with Crippen molar-refractivity contribution in [2.75, 3.05) is 27.3 Å². The Morgan fingerprint density at radius 1 is 1.43 bits per heavy atom. The second-order valence-corrected chi connectivity index (χ2v) is 4.86. The van der Waals surface area contributed by atoms with Crippen LogP contribution in [0.5, 0.6) is 0 Å². The van der Waals surface area contributed by atoms with Crippen LogP contribution in [0.2, 0.25) is 0 Å². The normalized spacial score (nSPS) is 13.6. The van der Waals surface area contributed by atoms with Gasteiger partial charge in [0.2, 0.25) is 0 Å². The Labute approximate surface area is 122 Å². The van der Waals surface area contributed by atoms with E-state index in [1.54, 1.807) is 6.92 Å². The third-order valence-corrected chi connectivity index (χ3v) is 2.86. The van der Waals surface area contributed by atoms with Crippen molar-refractivity contribution in [2.24, 2.45) is 0 Å². The average molecular weight is 302 g/mol. The number of likely N-dealkylation sites (N-methyl/N-ethyl adjacent to an activating group) is 1. The van der Waals surface area contributed by atoms with Gasteiger partial charge < -0.3 is 20.1 Å². The molecule has 2 N–H and O–H groups in total. The molecule has 2 atom stereocenters. The highest BCUT2D eigenvalue weighted by Crippen LogP contribution is 2.17. The van der Waals surface area contributed by atoms with Crippen LogP contribution in [0.1, 0.15) is 18.5 Å². The van der Waals surface area contributed by atoms with Crippen LogP contribution in [0.4, 0.5) is 13.6 Å². The molecule has 1 rings (SSSR count). The minimum absolute atomic E-state index is 0.110. The maximum Gasteiger partial charge on any atom is 0.317 e. The van der Waals surface area contributed by atoms with Gasteiger partial charge in [-0.1, -0.05) is 6.07 Å². The first kappa shape index (κ1) is 17.3. The number of aliphatic hydroxyl groups is 1. The number of urea groups is 1. The van der Waals surface area contributed by atoms with Crippen LogP contribution >= 0.6 is 0 Å². The summed E-state index contributed by atoms with van der Waals surface area (Å²) in [6.07, 6.45) is -0.662. The SMILES string of the molecule is COCC(NC(=O)N(C)CC(C)O)c1ccc(F)c(F)c1. The molecule has 0 saturated heterocycles. The number of amides is 2. The highest BCUT2D eigenvalue weighted by atomic mass is 19.2. The lowest BCUT2D eigenvalue weighted by atomic mass is 10.1. The van der Waals surface area contributed by atoms with Crippen molar-refractivity contribution in [2.45, 2.75) is 19.1 Å². The van der Waals surface area contributed by atoms with Crippen LogP contribution in [-0.4, -0.2) is 49.5 Å². The van der Waals surface area contributed by atoms with E-state index < -0.39 is 29.8 Å². The molecule has 118 valence electrons. The third kappa shape index (κ3) is 5.28. The fourth-order valence-electron chi connectivity index (χ4n) is 1.86. The molecular weight excluding hydrogens is 282 g/mol. The van der Waals surface area contributed by atoms with E-state index in [1.165, 1.54) is 25.1 Å². The van der Waals surface area contributed by atoms with E-state index in [1.807, 2.05) is 0 Å². The summed E-state index contributed by atoms with van der Waals surface area (Å²) in [6.45, 7) is 1.83. The summed E-state index contributed by atoms with van der Waals surface area (Å²) in [6, 6.07) is 2.35. The van der Waals surface area contributed by atoms with Gasteiger partial charge in [0.25, 0.3) is 0 Å². The summed E-state index contributed by atoms with van der Waals surface area (Å²) in [5.74, 6) is -1.94. The molecule has 0 spiro atoms. The molecule has 5 nitrogen and oxygen atoms in total. The predicted octanol–water partition coefficient (Wildman–Crippen LogP) is 1.67. The molecule has 0 saturated carbocycles. The van der Waals surface area contributed by atoms with Gasteiger partial charge in [0.15, 0.2) is 11.6 Å². The molecule has 0 fully saturated rings. The van der Waals surface area contributed by atoms with Crippen LogP contribution in [0, 0.1) is 11.6 Å². The maximum absolute atomic E-state index is 13.3. The first-order valence-corrected chi connectivity index (χ1v) is 6.48. The molecule has 0 radical (unpaired) electrons. The summed E-state index contributed by atoms with van der Waals surface area (Å²) in [5, 5.41) is 11.9. The number of aliphatic hydroxyl groups excluding tert-OH is 1. The molecule has 7 heteroatoms. The topological polar surface area (TPSA) is 61.8 Å². The number of hydrogen-bond acceptors (Lipinski definition) is 3. The molecule has 0 aliphatic rings. The zero-order valence-electron chi connectivity index (χ0n) is 12.3. The predicted molar refractivity (Wildman–Crippen MR) is 73.8 cm³/mol. The summed E-state index contributed by atoms with van der Waals surface area (Å²) in [7, 11) is 2.97. The van der Waals surface area contributed by atoms with Crippen LogP contribution in [0.15, 0.2) is 18.2 Å². The number of nitrogens with one attached hydrogen (secondary N) is 1. The van der Waals surface area contributed by atoms with Crippen molar-refractivity contribution >= 4 is 6.03 Å². The zero-order chi connectivity index (χ0) is 16.0. The lowest BCUT2D eigenvalue weighted by Crippen LogP contribution is -2.43. The molecule has 0 bridgehead atoms. The number of carbonyl (C=O) groups excluding carboxylic acids is 1. The first-order valence-electron chi connectivity index (χ1n) is 6.48. The Hall–Kier alpha value is -1.73. The van der Waals surface area contributed by atoms with E-state index >= 15 is 0 Å². The van der Waals surface area contributed by atoms with Gasteiger partial charge in [-0.15, -0.1) is 0 Å². The molecule has 2 unspecified atom stereocenters. The molecule has 0 aliphatic heterocycles. The molecular formula is C14H20F2N2O3. The quantitative estimate of drug-likeness (QED) is 0.840. The second kappa shape index (κ2) is 7.90. The second-order valence-electron chi connectivity index (χ2n) is 4.86. The Kier molecular flexibility index (Phi) is 6.51. The molecule has 21 heavy (non-hydrogen) atoms. The minimum Gasteiger partial charge on any atom is -0.392 e. The number of halogens is 2.